The van der Waals surface area contributed by atoms with Gasteiger partial charge in [0.25, 0.3) is 0 Å². The number of pyridine rings is 1. The van der Waals surface area contributed by atoms with Crippen LogP contribution in [0.4, 0.5) is 36.1 Å². The third kappa shape index (κ3) is 3.78. The van der Waals surface area contributed by atoms with E-state index in [-0.39, 0.29) is 16.9 Å². The molecule has 1 aromatic heterocycles. The van der Waals surface area contributed by atoms with Gasteiger partial charge in [0, 0.05) is 12.3 Å². The lowest BCUT2D eigenvalue weighted by Crippen LogP contribution is -2.11. The first-order valence-electron chi connectivity index (χ1n) is 6.55. The fourth-order valence-corrected chi connectivity index (χ4v) is 2.61. The summed E-state index contributed by atoms with van der Waals surface area (Å²) in [5.41, 5.74) is -4.46. The molecule has 26 heavy (non-hydrogen) atoms. The average molecular weight is 411 g/mol. The highest BCUT2D eigenvalue weighted by atomic mass is 35.5. The number of nitro benzene ring substituents is 2. The summed E-state index contributed by atoms with van der Waals surface area (Å²) in [5.74, 6) is -0.223. The predicted molar refractivity (Wildman–Crippen MR) is 87.0 cm³/mol. The van der Waals surface area contributed by atoms with Gasteiger partial charge < -0.3 is 5.32 Å². The molecule has 0 aliphatic carbocycles. The molecule has 0 atom stereocenters. The Kier molecular flexibility index (Phi) is 5.23. The summed E-state index contributed by atoms with van der Waals surface area (Å²) in [7, 11) is 0. The molecule has 138 valence electrons. The fraction of sp³-hybridized carbons (Fsp3) is 0.154. The molecule has 0 radical (unpaired) electrons. The van der Waals surface area contributed by atoms with Crippen LogP contribution in [-0.2, 0) is 6.18 Å². The second-order valence-electron chi connectivity index (χ2n) is 4.96. The van der Waals surface area contributed by atoms with Crippen LogP contribution in [0.25, 0.3) is 0 Å². The van der Waals surface area contributed by atoms with Gasteiger partial charge in [-0.3, -0.25) is 20.2 Å². The summed E-state index contributed by atoms with van der Waals surface area (Å²) < 4.78 is 39.1. The smallest absolute Gasteiger partial charge is 0.328 e. The molecule has 2 rings (SSSR count). The Morgan fingerprint density at radius 2 is 1.77 bits per heavy atom. The van der Waals surface area contributed by atoms with Gasteiger partial charge in [0.1, 0.15) is 10.8 Å². The molecule has 8 nitrogen and oxygen atoms in total. The first-order valence-corrected chi connectivity index (χ1v) is 7.30. The number of aromatic nitrogens is 1. The number of benzene rings is 1. The normalized spacial score (nSPS) is 11.3. The van der Waals surface area contributed by atoms with Crippen molar-refractivity contribution in [2.24, 2.45) is 0 Å². The second-order valence-corrected chi connectivity index (χ2v) is 5.75. The summed E-state index contributed by atoms with van der Waals surface area (Å²) >= 11 is 11.4. The Balaban J connectivity index is 2.80. The maximum atomic E-state index is 13.0. The van der Waals surface area contributed by atoms with Gasteiger partial charge in [-0.15, -0.1) is 0 Å². The molecule has 0 aliphatic heterocycles. The van der Waals surface area contributed by atoms with Gasteiger partial charge in [-0.05, 0) is 18.6 Å². The highest BCUT2D eigenvalue weighted by molar-refractivity contribution is 6.35. The highest BCUT2D eigenvalue weighted by Gasteiger charge is 2.42. The standard InChI is InChI=1S/C13H7Cl2F3N4O4/c1-5-2-7(14)12(19-4-5)20-10-8(21(23)24)3-6(13(16,17)18)9(15)11(10)22(25)26/h2-4H,1H3,(H,19,20). The van der Waals surface area contributed by atoms with E-state index in [0.717, 1.165) is 0 Å². The molecule has 0 amide bonds. The van der Waals surface area contributed by atoms with Crippen LogP contribution in [0.15, 0.2) is 18.3 Å². The van der Waals surface area contributed by atoms with Gasteiger partial charge in [-0.1, -0.05) is 23.2 Å². The first kappa shape index (κ1) is 19.7. The van der Waals surface area contributed by atoms with E-state index in [9.17, 15) is 33.4 Å². The number of halogens is 5. The van der Waals surface area contributed by atoms with Crippen LogP contribution in [0.5, 0.6) is 0 Å². The van der Waals surface area contributed by atoms with E-state index in [2.05, 4.69) is 10.3 Å². The Bertz CT molecular complexity index is 921. The molecule has 0 saturated carbocycles. The van der Waals surface area contributed by atoms with Crippen LogP contribution < -0.4 is 5.32 Å². The van der Waals surface area contributed by atoms with Crippen molar-refractivity contribution in [1.82, 2.24) is 4.98 Å². The van der Waals surface area contributed by atoms with E-state index in [1.54, 1.807) is 6.92 Å². The zero-order chi connectivity index (χ0) is 19.8. The lowest BCUT2D eigenvalue weighted by molar-refractivity contribution is -0.392. The van der Waals surface area contributed by atoms with Crippen molar-refractivity contribution < 1.29 is 23.0 Å². The molecule has 13 heteroatoms. The number of hydrogen-bond donors (Lipinski definition) is 1. The molecule has 0 fully saturated rings. The average Bonchev–Trinajstić information content (AvgIpc) is 2.48. The molecule has 0 bridgehead atoms. The van der Waals surface area contributed by atoms with Gasteiger partial charge in [-0.25, -0.2) is 4.98 Å². The zero-order valence-corrected chi connectivity index (χ0v) is 14.1. The molecule has 1 aromatic carbocycles. The lowest BCUT2D eigenvalue weighted by Gasteiger charge is -2.13. The molecule has 1 N–H and O–H groups in total. The summed E-state index contributed by atoms with van der Waals surface area (Å²) in [6.45, 7) is 1.64. The van der Waals surface area contributed by atoms with Crippen molar-refractivity contribution >= 4 is 46.1 Å². The van der Waals surface area contributed by atoms with Crippen LogP contribution in [-0.4, -0.2) is 14.8 Å². The fourth-order valence-electron chi connectivity index (χ4n) is 2.02. The maximum absolute atomic E-state index is 13.0. The molecule has 2 aromatic rings. The quantitative estimate of drug-likeness (QED) is 0.542. The number of alkyl halides is 3. The van der Waals surface area contributed by atoms with E-state index in [1.165, 1.54) is 12.3 Å². The Hall–Kier alpha value is -2.66. The first-order chi connectivity index (χ1) is 11.9. The molecule has 0 unspecified atom stereocenters. The van der Waals surface area contributed by atoms with Crippen molar-refractivity contribution in [1.29, 1.82) is 0 Å². The predicted octanol–water partition coefficient (Wildman–Crippen LogP) is 5.28. The number of nitrogens with one attached hydrogen (secondary N) is 1. The number of hydrogen-bond acceptors (Lipinski definition) is 6. The van der Waals surface area contributed by atoms with E-state index < -0.39 is 43.7 Å². The van der Waals surface area contributed by atoms with Crippen molar-refractivity contribution in [3.8, 4) is 0 Å². The Morgan fingerprint density at radius 3 is 2.23 bits per heavy atom. The van der Waals surface area contributed by atoms with E-state index in [1.807, 2.05) is 0 Å². The number of nitro groups is 2. The summed E-state index contributed by atoms with van der Waals surface area (Å²) in [4.78, 5) is 23.8. The lowest BCUT2D eigenvalue weighted by atomic mass is 10.1. The maximum Gasteiger partial charge on any atom is 0.418 e. The third-order valence-electron chi connectivity index (χ3n) is 3.12. The van der Waals surface area contributed by atoms with Crippen molar-refractivity contribution in [3.05, 3.63) is 59.7 Å². The number of anilines is 2. The molecule has 0 saturated heterocycles. The highest BCUT2D eigenvalue weighted by Crippen LogP contribution is 2.48. The van der Waals surface area contributed by atoms with Gasteiger partial charge in [0.15, 0.2) is 5.69 Å². The zero-order valence-electron chi connectivity index (χ0n) is 12.6. The van der Waals surface area contributed by atoms with Crippen molar-refractivity contribution in [2.75, 3.05) is 5.32 Å². The van der Waals surface area contributed by atoms with E-state index in [0.29, 0.717) is 5.56 Å². The number of nitrogens with zero attached hydrogens (tertiary/aromatic N) is 3. The second kappa shape index (κ2) is 6.92. The van der Waals surface area contributed by atoms with Crippen LogP contribution in [0.3, 0.4) is 0 Å². The van der Waals surface area contributed by atoms with Gasteiger partial charge in [-0.2, -0.15) is 13.2 Å². The Labute approximate surface area is 152 Å². The molecular weight excluding hydrogens is 404 g/mol. The van der Waals surface area contributed by atoms with Crippen LogP contribution >= 0.6 is 23.2 Å². The summed E-state index contributed by atoms with van der Waals surface area (Å²) in [6, 6.07) is 1.51. The number of aryl methyl sites for hydroxylation is 1. The van der Waals surface area contributed by atoms with Crippen molar-refractivity contribution in [2.45, 2.75) is 13.1 Å². The minimum Gasteiger partial charge on any atom is -0.328 e. The summed E-state index contributed by atoms with van der Waals surface area (Å²) in [6.07, 6.45) is -3.83. The summed E-state index contributed by atoms with van der Waals surface area (Å²) in [5, 5.41) is 23.4. The van der Waals surface area contributed by atoms with E-state index >= 15 is 0 Å². The SMILES string of the molecule is Cc1cnc(Nc2c([N+](=O)[O-])cc(C(F)(F)F)c(Cl)c2[N+](=O)[O-])c(Cl)c1. The monoisotopic (exact) mass is 410 g/mol. The Morgan fingerprint density at radius 1 is 1.15 bits per heavy atom. The van der Waals surface area contributed by atoms with Crippen LogP contribution in [0, 0.1) is 27.2 Å². The van der Waals surface area contributed by atoms with Crippen LogP contribution in [0.2, 0.25) is 10.0 Å². The minimum absolute atomic E-state index is 0.0513. The van der Waals surface area contributed by atoms with Crippen molar-refractivity contribution in [3.63, 3.8) is 0 Å². The van der Waals surface area contributed by atoms with E-state index in [4.69, 9.17) is 23.2 Å². The number of rotatable bonds is 4. The van der Waals surface area contributed by atoms with Gasteiger partial charge >= 0.3 is 17.6 Å². The third-order valence-corrected chi connectivity index (χ3v) is 3.80. The largest absolute Gasteiger partial charge is 0.418 e. The van der Waals surface area contributed by atoms with Crippen LogP contribution in [0.1, 0.15) is 11.1 Å². The molecule has 1 heterocycles. The minimum atomic E-state index is -5.13. The van der Waals surface area contributed by atoms with Gasteiger partial charge in [0.05, 0.1) is 20.4 Å². The topological polar surface area (TPSA) is 111 Å². The molecular formula is C13H7Cl2F3N4O4. The van der Waals surface area contributed by atoms with Gasteiger partial charge in [0.2, 0.25) is 0 Å². The molecule has 0 spiro atoms. The molecule has 0 aliphatic rings.